The van der Waals surface area contributed by atoms with Crippen molar-refractivity contribution in [1.29, 1.82) is 0 Å². The van der Waals surface area contributed by atoms with Gasteiger partial charge in [-0.25, -0.2) is 4.57 Å². The first-order chi connectivity index (χ1) is 13.6. The largest absolute Gasteiger partial charge is 0.344 e. The molecule has 0 aliphatic carbocycles. The number of hydrogen-bond donors (Lipinski definition) is 0. The van der Waals surface area contributed by atoms with Crippen molar-refractivity contribution >= 4 is 21.7 Å². The van der Waals surface area contributed by atoms with Crippen LogP contribution in [-0.4, -0.2) is 4.57 Å². The molecule has 0 N–H and O–H groups in total. The van der Waals surface area contributed by atoms with E-state index in [4.69, 9.17) is 0 Å². The van der Waals surface area contributed by atoms with Gasteiger partial charge in [-0.2, -0.15) is 0 Å². The van der Waals surface area contributed by atoms with Crippen molar-refractivity contribution in [2.75, 3.05) is 0 Å². The SMILES string of the molecule is Cc1c(-c2cc3c4ccccc4ccc3n2C)cccc1-c1cccc[n+]1C. The number of benzene rings is 3. The van der Waals surface area contributed by atoms with Gasteiger partial charge in [-0.3, -0.25) is 0 Å². The minimum atomic E-state index is 1.23. The molecule has 2 heteroatoms. The van der Waals surface area contributed by atoms with E-state index in [0.29, 0.717) is 0 Å². The average molecular weight is 363 g/mol. The number of fused-ring (bicyclic) bond motifs is 3. The van der Waals surface area contributed by atoms with Gasteiger partial charge in [-0.15, -0.1) is 0 Å². The van der Waals surface area contributed by atoms with Gasteiger partial charge < -0.3 is 4.57 Å². The standard InChI is InChI=1S/C26H23N2/c1-18-20(24-13-6-7-16-27(24)2)11-8-12-21(18)26-17-23-22-10-5-4-9-19(22)14-15-25(23)28(26)3/h4-17H,1-3H3/q+1. The third-order valence-electron chi connectivity index (χ3n) is 5.89. The maximum Gasteiger partial charge on any atom is 0.212 e. The summed E-state index contributed by atoms with van der Waals surface area (Å²) in [6.07, 6.45) is 2.10. The van der Waals surface area contributed by atoms with E-state index >= 15 is 0 Å². The Hall–Kier alpha value is -3.39. The Bertz CT molecular complexity index is 1340. The highest BCUT2D eigenvalue weighted by Gasteiger charge is 2.17. The van der Waals surface area contributed by atoms with Gasteiger partial charge in [0.15, 0.2) is 6.20 Å². The second kappa shape index (κ2) is 6.35. The van der Waals surface area contributed by atoms with E-state index in [1.165, 1.54) is 49.8 Å². The summed E-state index contributed by atoms with van der Waals surface area (Å²) in [5.41, 5.74) is 7.61. The minimum absolute atomic E-state index is 1.23. The van der Waals surface area contributed by atoms with E-state index in [1.807, 2.05) is 0 Å². The van der Waals surface area contributed by atoms with Crippen molar-refractivity contribution in [3.8, 4) is 22.5 Å². The first-order valence-corrected chi connectivity index (χ1v) is 9.67. The summed E-state index contributed by atoms with van der Waals surface area (Å²) in [7, 11) is 4.27. The lowest BCUT2D eigenvalue weighted by atomic mass is 9.97. The van der Waals surface area contributed by atoms with Gasteiger partial charge in [0.1, 0.15) is 7.05 Å². The van der Waals surface area contributed by atoms with E-state index in [1.54, 1.807) is 0 Å². The molecule has 0 bridgehead atoms. The van der Waals surface area contributed by atoms with Crippen LogP contribution >= 0.6 is 0 Å². The van der Waals surface area contributed by atoms with Crippen molar-refractivity contribution in [2.45, 2.75) is 6.92 Å². The predicted octanol–water partition coefficient (Wildman–Crippen LogP) is 5.80. The third-order valence-corrected chi connectivity index (χ3v) is 5.89. The predicted molar refractivity (Wildman–Crippen MR) is 117 cm³/mol. The first-order valence-electron chi connectivity index (χ1n) is 9.67. The topological polar surface area (TPSA) is 8.81 Å². The van der Waals surface area contributed by atoms with E-state index in [2.05, 4.69) is 115 Å². The van der Waals surface area contributed by atoms with Crippen LogP contribution in [0.3, 0.4) is 0 Å². The van der Waals surface area contributed by atoms with Crippen molar-refractivity contribution in [3.05, 3.63) is 90.6 Å². The first kappa shape index (κ1) is 16.8. The van der Waals surface area contributed by atoms with Gasteiger partial charge in [0.2, 0.25) is 5.69 Å². The molecule has 28 heavy (non-hydrogen) atoms. The molecular formula is C26H23N2+. The fourth-order valence-electron chi connectivity index (χ4n) is 4.34. The summed E-state index contributed by atoms with van der Waals surface area (Å²) in [5, 5.41) is 3.91. The number of nitrogens with zero attached hydrogens (tertiary/aromatic N) is 2. The Morgan fingerprint density at radius 3 is 2.39 bits per heavy atom. The molecule has 5 rings (SSSR count). The van der Waals surface area contributed by atoms with Crippen LogP contribution < -0.4 is 4.57 Å². The molecule has 136 valence electrons. The smallest absolute Gasteiger partial charge is 0.212 e. The highest BCUT2D eigenvalue weighted by atomic mass is 14.9. The van der Waals surface area contributed by atoms with Crippen LogP contribution in [0.1, 0.15) is 5.56 Å². The molecule has 2 aromatic heterocycles. The third kappa shape index (κ3) is 2.45. The molecule has 2 nitrogen and oxygen atoms in total. The van der Waals surface area contributed by atoms with Gasteiger partial charge in [0.05, 0.1) is 0 Å². The summed E-state index contributed by atoms with van der Waals surface area (Å²) in [6.45, 7) is 2.23. The van der Waals surface area contributed by atoms with Crippen molar-refractivity contribution in [2.24, 2.45) is 14.1 Å². The molecule has 3 aromatic carbocycles. The van der Waals surface area contributed by atoms with Crippen molar-refractivity contribution in [1.82, 2.24) is 4.57 Å². The molecule has 0 spiro atoms. The van der Waals surface area contributed by atoms with Gasteiger partial charge in [-0.05, 0) is 47.5 Å². The Labute approximate surface area is 165 Å². The number of aromatic nitrogens is 2. The Morgan fingerprint density at radius 2 is 1.54 bits per heavy atom. The lowest BCUT2D eigenvalue weighted by Gasteiger charge is -2.11. The molecule has 0 radical (unpaired) electrons. The molecule has 0 aliphatic rings. The molecule has 0 fully saturated rings. The van der Waals surface area contributed by atoms with Crippen LogP contribution in [0.2, 0.25) is 0 Å². The molecule has 0 aliphatic heterocycles. The molecule has 0 saturated carbocycles. The second-order valence-electron chi connectivity index (χ2n) is 7.48. The van der Waals surface area contributed by atoms with Crippen LogP contribution in [0, 0.1) is 6.92 Å². The zero-order valence-electron chi connectivity index (χ0n) is 16.5. The zero-order chi connectivity index (χ0) is 19.3. The summed E-state index contributed by atoms with van der Waals surface area (Å²) < 4.78 is 4.50. The van der Waals surface area contributed by atoms with Crippen LogP contribution in [0.4, 0.5) is 0 Å². The Morgan fingerprint density at radius 1 is 0.750 bits per heavy atom. The maximum absolute atomic E-state index is 2.34. The van der Waals surface area contributed by atoms with Gasteiger partial charge >= 0.3 is 0 Å². The highest BCUT2D eigenvalue weighted by Crippen LogP contribution is 2.35. The highest BCUT2D eigenvalue weighted by molar-refractivity contribution is 6.08. The molecule has 0 unspecified atom stereocenters. The second-order valence-corrected chi connectivity index (χ2v) is 7.48. The van der Waals surface area contributed by atoms with E-state index in [-0.39, 0.29) is 0 Å². The van der Waals surface area contributed by atoms with Gasteiger partial charge in [0, 0.05) is 46.9 Å². The number of rotatable bonds is 2. The lowest BCUT2D eigenvalue weighted by Crippen LogP contribution is -2.30. The van der Waals surface area contributed by atoms with Crippen LogP contribution in [-0.2, 0) is 14.1 Å². The van der Waals surface area contributed by atoms with Crippen LogP contribution in [0.25, 0.3) is 44.2 Å². The monoisotopic (exact) mass is 363 g/mol. The van der Waals surface area contributed by atoms with Gasteiger partial charge in [-0.1, -0.05) is 42.5 Å². The van der Waals surface area contributed by atoms with Crippen molar-refractivity contribution in [3.63, 3.8) is 0 Å². The van der Waals surface area contributed by atoms with E-state index < -0.39 is 0 Å². The van der Waals surface area contributed by atoms with Crippen LogP contribution in [0.5, 0.6) is 0 Å². The summed E-state index contributed by atoms with van der Waals surface area (Å²) >= 11 is 0. The Kier molecular flexibility index (Phi) is 3.80. The maximum atomic E-state index is 2.34. The lowest BCUT2D eigenvalue weighted by molar-refractivity contribution is -0.660. The van der Waals surface area contributed by atoms with E-state index in [9.17, 15) is 0 Å². The van der Waals surface area contributed by atoms with Crippen molar-refractivity contribution < 1.29 is 4.57 Å². The number of aryl methyl sites for hydroxylation is 2. The number of pyridine rings is 1. The fraction of sp³-hybridized carbons (Fsp3) is 0.115. The molecule has 0 saturated heterocycles. The summed E-state index contributed by atoms with van der Waals surface area (Å²) in [4.78, 5) is 0. The minimum Gasteiger partial charge on any atom is -0.344 e. The molecule has 0 amide bonds. The fourth-order valence-corrected chi connectivity index (χ4v) is 4.34. The number of hydrogen-bond acceptors (Lipinski definition) is 0. The summed E-state index contributed by atoms with van der Waals surface area (Å²) in [5.74, 6) is 0. The normalized spacial score (nSPS) is 11.4. The molecule has 2 heterocycles. The average Bonchev–Trinajstić information content (AvgIpc) is 3.06. The molecule has 0 atom stereocenters. The van der Waals surface area contributed by atoms with E-state index in [0.717, 1.165) is 0 Å². The summed E-state index contributed by atoms with van der Waals surface area (Å²) in [6, 6.07) is 28.4. The molecular weight excluding hydrogens is 340 g/mol. The molecule has 5 aromatic rings. The Balaban J connectivity index is 1.77. The van der Waals surface area contributed by atoms with Gasteiger partial charge in [0.25, 0.3) is 0 Å². The van der Waals surface area contributed by atoms with Crippen LogP contribution in [0.15, 0.2) is 85.1 Å². The quantitative estimate of drug-likeness (QED) is 0.351. The zero-order valence-corrected chi connectivity index (χ0v) is 16.5.